The molecule has 2 aliphatic rings. The summed E-state index contributed by atoms with van der Waals surface area (Å²) in [7, 11) is 0. The van der Waals surface area contributed by atoms with Crippen molar-refractivity contribution in [1.82, 2.24) is 14.9 Å². The van der Waals surface area contributed by atoms with E-state index < -0.39 is 0 Å². The van der Waals surface area contributed by atoms with Crippen molar-refractivity contribution in [1.29, 1.82) is 0 Å². The Morgan fingerprint density at radius 3 is 2.39 bits per heavy atom. The van der Waals surface area contributed by atoms with Gasteiger partial charge in [-0.25, -0.2) is 9.97 Å². The first-order valence-corrected chi connectivity index (χ1v) is 10.1. The minimum absolute atomic E-state index is 0.0122. The third kappa shape index (κ3) is 4.55. The van der Waals surface area contributed by atoms with Crippen LogP contribution in [0.15, 0.2) is 24.3 Å². The van der Waals surface area contributed by atoms with E-state index >= 15 is 0 Å². The number of carbonyl (C=O) groups is 1. The number of benzene rings is 1. The summed E-state index contributed by atoms with van der Waals surface area (Å²) >= 11 is 6.18. The number of nitrogens with zero attached hydrogens (tertiary/aromatic N) is 4. The van der Waals surface area contributed by atoms with Crippen LogP contribution in [0.1, 0.15) is 35.7 Å². The van der Waals surface area contributed by atoms with Crippen molar-refractivity contribution in [3.63, 3.8) is 0 Å². The smallest absolute Gasteiger partial charge is 0.260 e. The average Bonchev–Trinajstić information content (AvgIpc) is 3.50. The Morgan fingerprint density at radius 1 is 1.07 bits per heavy atom. The van der Waals surface area contributed by atoms with Crippen LogP contribution < -0.4 is 9.64 Å². The van der Waals surface area contributed by atoms with E-state index in [4.69, 9.17) is 16.3 Å². The maximum atomic E-state index is 12.5. The SMILES string of the molecule is Cc1cc(C)cc(OCC(=O)N2CCN(c3cc(Cl)nc(C4CC4)n3)CC2)c1. The highest BCUT2D eigenvalue weighted by Crippen LogP contribution is 2.39. The van der Waals surface area contributed by atoms with Gasteiger partial charge in [0.1, 0.15) is 22.5 Å². The topological polar surface area (TPSA) is 58.6 Å². The lowest BCUT2D eigenvalue weighted by atomic mass is 10.1. The Morgan fingerprint density at radius 2 is 1.75 bits per heavy atom. The van der Waals surface area contributed by atoms with Gasteiger partial charge in [0.25, 0.3) is 5.91 Å². The molecular weight excluding hydrogens is 376 g/mol. The number of aromatic nitrogens is 2. The van der Waals surface area contributed by atoms with E-state index in [0.29, 0.717) is 24.2 Å². The Balaban J connectivity index is 1.32. The van der Waals surface area contributed by atoms with E-state index in [-0.39, 0.29) is 12.5 Å². The predicted molar refractivity (Wildman–Crippen MR) is 109 cm³/mol. The fourth-order valence-electron chi connectivity index (χ4n) is 3.55. The molecule has 2 heterocycles. The second-order valence-electron chi connectivity index (χ2n) is 7.66. The number of carbonyl (C=O) groups excluding carboxylic acids is 1. The first kappa shape index (κ1) is 19.0. The summed E-state index contributed by atoms with van der Waals surface area (Å²) in [6.07, 6.45) is 2.28. The van der Waals surface area contributed by atoms with Crippen molar-refractivity contribution in [2.24, 2.45) is 0 Å². The summed E-state index contributed by atoms with van der Waals surface area (Å²) in [6.45, 7) is 6.86. The van der Waals surface area contributed by atoms with Crippen LogP contribution >= 0.6 is 11.6 Å². The highest BCUT2D eigenvalue weighted by molar-refractivity contribution is 6.29. The van der Waals surface area contributed by atoms with Gasteiger partial charge in [-0.15, -0.1) is 0 Å². The van der Waals surface area contributed by atoms with Crippen molar-refractivity contribution in [3.05, 3.63) is 46.4 Å². The molecule has 0 bridgehead atoms. The molecule has 0 radical (unpaired) electrons. The number of hydrogen-bond acceptors (Lipinski definition) is 5. The lowest BCUT2D eigenvalue weighted by molar-refractivity contribution is -0.133. The molecule has 0 atom stereocenters. The molecule has 0 N–H and O–H groups in total. The number of ether oxygens (including phenoxy) is 1. The molecule has 1 aromatic carbocycles. The molecule has 1 amide bonds. The summed E-state index contributed by atoms with van der Waals surface area (Å²) < 4.78 is 5.72. The van der Waals surface area contributed by atoms with Crippen molar-refractivity contribution < 1.29 is 9.53 Å². The minimum atomic E-state index is 0.0122. The molecule has 1 saturated heterocycles. The van der Waals surface area contributed by atoms with E-state index in [1.54, 1.807) is 0 Å². The third-order valence-corrected chi connectivity index (χ3v) is 5.35. The zero-order chi connectivity index (χ0) is 19.7. The van der Waals surface area contributed by atoms with Gasteiger partial charge in [-0.3, -0.25) is 4.79 Å². The second kappa shape index (κ2) is 7.95. The molecule has 1 saturated carbocycles. The van der Waals surface area contributed by atoms with Gasteiger partial charge >= 0.3 is 0 Å². The van der Waals surface area contributed by atoms with Crippen molar-refractivity contribution in [2.75, 3.05) is 37.7 Å². The van der Waals surface area contributed by atoms with Gasteiger partial charge in [0.15, 0.2) is 6.61 Å². The Kier molecular flexibility index (Phi) is 5.40. The summed E-state index contributed by atoms with van der Waals surface area (Å²) in [4.78, 5) is 25.6. The largest absolute Gasteiger partial charge is 0.484 e. The molecule has 1 aliphatic carbocycles. The lowest BCUT2D eigenvalue weighted by Crippen LogP contribution is -2.50. The van der Waals surface area contributed by atoms with E-state index in [1.165, 1.54) is 0 Å². The van der Waals surface area contributed by atoms with Gasteiger partial charge in [0, 0.05) is 38.2 Å². The van der Waals surface area contributed by atoms with Crippen LogP contribution in [0.3, 0.4) is 0 Å². The molecule has 1 aromatic heterocycles. The number of hydrogen-bond donors (Lipinski definition) is 0. The van der Waals surface area contributed by atoms with Crippen LogP contribution in [-0.4, -0.2) is 53.6 Å². The molecular formula is C21H25ClN4O2. The predicted octanol–water partition coefficient (Wildman–Crippen LogP) is 3.35. The molecule has 2 fully saturated rings. The molecule has 28 heavy (non-hydrogen) atoms. The molecule has 0 spiro atoms. The molecule has 148 valence electrons. The monoisotopic (exact) mass is 400 g/mol. The van der Waals surface area contributed by atoms with Gasteiger partial charge in [-0.05, 0) is 49.9 Å². The molecule has 6 nitrogen and oxygen atoms in total. The maximum Gasteiger partial charge on any atom is 0.260 e. The van der Waals surface area contributed by atoms with Crippen LogP contribution in [-0.2, 0) is 4.79 Å². The number of halogens is 1. The molecule has 2 aromatic rings. The third-order valence-electron chi connectivity index (χ3n) is 5.16. The summed E-state index contributed by atoms with van der Waals surface area (Å²) in [6, 6.07) is 7.80. The van der Waals surface area contributed by atoms with Crippen LogP contribution in [0.5, 0.6) is 5.75 Å². The molecule has 1 aliphatic heterocycles. The summed E-state index contributed by atoms with van der Waals surface area (Å²) in [5, 5.41) is 0.493. The highest BCUT2D eigenvalue weighted by atomic mass is 35.5. The van der Waals surface area contributed by atoms with E-state index in [0.717, 1.165) is 54.4 Å². The standard InChI is InChI=1S/C21H25ClN4O2/c1-14-9-15(2)11-17(10-14)28-13-20(27)26-7-5-25(6-8-26)19-12-18(22)23-21(24-19)16-3-4-16/h9-12,16H,3-8,13H2,1-2H3. The van der Waals surface area contributed by atoms with Crippen LogP contribution in [0.4, 0.5) is 5.82 Å². The fraction of sp³-hybridized carbons (Fsp3) is 0.476. The van der Waals surface area contributed by atoms with Crippen LogP contribution in [0.25, 0.3) is 0 Å². The second-order valence-corrected chi connectivity index (χ2v) is 8.05. The Bertz CT molecular complexity index is 856. The maximum absolute atomic E-state index is 12.5. The highest BCUT2D eigenvalue weighted by Gasteiger charge is 2.29. The number of piperazine rings is 1. The van der Waals surface area contributed by atoms with Crippen molar-refractivity contribution >= 4 is 23.3 Å². The molecule has 0 unspecified atom stereocenters. The van der Waals surface area contributed by atoms with E-state index in [2.05, 4.69) is 20.9 Å². The van der Waals surface area contributed by atoms with Crippen LogP contribution in [0, 0.1) is 13.8 Å². The number of aryl methyl sites for hydroxylation is 2. The normalized spacial score (nSPS) is 17.0. The van der Waals surface area contributed by atoms with Gasteiger partial charge in [0.05, 0.1) is 0 Å². The van der Waals surface area contributed by atoms with Gasteiger partial charge < -0.3 is 14.5 Å². The first-order valence-electron chi connectivity index (χ1n) is 9.76. The first-order chi connectivity index (χ1) is 13.5. The van der Waals surface area contributed by atoms with E-state index in [1.807, 2.05) is 36.9 Å². The lowest BCUT2D eigenvalue weighted by Gasteiger charge is -2.35. The minimum Gasteiger partial charge on any atom is -0.484 e. The quantitative estimate of drug-likeness (QED) is 0.720. The van der Waals surface area contributed by atoms with Crippen molar-refractivity contribution in [3.8, 4) is 5.75 Å². The summed E-state index contributed by atoms with van der Waals surface area (Å²) in [5.74, 6) is 2.93. The van der Waals surface area contributed by atoms with Crippen molar-refractivity contribution in [2.45, 2.75) is 32.6 Å². The Labute approximate surface area is 170 Å². The average molecular weight is 401 g/mol. The number of anilines is 1. The summed E-state index contributed by atoms with van der Waals surface area (Å²) in [5.41, 5.74) is 2.26. The fourth-order valence-corrected chi connectivity index (χ4v) is 3.73. The van der Waals surface area contributed by atoms with Gasteiger partial charge in [0.2, 0.25) is 0 Å². The van der Waals surface area contributed by atoms with Gasteiger partial charge in [-0.1, -0.05) is 17.7 Å². The van der Waals surface area contributed by atoms with Crippen LogP contribution in [0.2, 0.25) is 5.15 Å². The molecule has 4 rings (SSSR count). The Hall–Kier alpha value is -2.34. The number of amides is 1. The molecule has 7 heteroatoms. The number of rotatable bonds is 5. The van der Waals surface area contributed by atoms with Gasteiger partial charge in [-0.2, -0.15) is 0 Å². The zero-order valence-corrected chi connectivity index (χ0v) is 17.1. The van der Waals surface area contributed by atoms with E-state index in [9.17, 15) is 4.79 Å². The zero-order valence-electron chi connectivity index (χ0n) is 16.3.